The van der Waals surface area contributed by atoms with Crippen LogP contribution in [-0.4, -0.2) is 18.0 Å². The SMILES string of the molecule is CC(=O)O/C(C)=C1/CC[C@H]2[C@@H]3CC=C4C[C@@H](OC(C)=O)CC[C@]4(C)[C@H]3CC[C@]12C. The Labute approximate surface area is 175 Å². The van der Waals surface area contributed by atoms with Gasteiger partial charge in [-0.1, -0.05) is 25.5 Å². The van der Waals surface area contributed by atoms with Crippen molar-refractivity contribution in [2.24, 2.45) is 28.6 Å². The lowest BCUT2D eigenvalue weighted by molar-refractivity contribution is -0.148. The minimum atomic E-state index is -0.210. The van der Waals surface area contributed by atoms with Crippen LogP contribution in [0.3, 0.4) is 0 Å². The highest BCUT2D eigenvalue weighted by atomic mass is 16.5. The van der Waals surface area contributed by atoms with Crippen LogP contribution in [0.5, 0.6) is 0 Å². The van der Waals surface area contributed by atoms with Gasteiger partial charge in [0.05, 0.1) is 0 Å². The van der Waals surface area contributed by atoms with Crippen molar-refractivity contribution >= 4 is 11.9 Å². The molecule has 3 saturated carbocycles. The van der Waals surface area contributed by atoms with Crippen molar-refractivity contribution in [3.8, 4) is 0 Å². The standard InChI is InChI=1S/C25H36O4/c1-15(28-16(2)26)21-8-9-22-20-7-6-18-14-19(29-17(3)27)10-12-24(18,4)23(20)11-13-25(21,22)5/h6,19-20,22-23H,7-14H2,1-5H3/b21-15-/t19-,20-,22-,23-,24-,25+/m0/s1. The summed E-state index contributed by atoms with van der Waals surface area (Å²) in [6, 6.07) is 0. The summed E-state index contributed by atoms with van der Waals surface area (Å²) in [6.07, 6.45) is 11.4. The van der Waals surface area contributed by atoms with Crippen LogP contribution in [-0.2, 0) is 19.1 Å². The van der Waals surface area contributed by atoms with Crippen molar-refractivity contribution in [1.29, 1.82) is 0 Å². The Hall–Kier alpha value is -1.58. The molecule has 4 aliphatic rings. The monoisotopic (exact) mass is 400 g/mol. The van der Waals surface area contributed by atoms with Crippen LogP contribution in [0.15, 0.2) is 23.0 Å². The lowest BCUT2D eigenvalue weighted by atomic mass is 9.48. The minimum Gasteiger partial charge on any atom is -0.462 e. The first-order valence-electron chi connectivity index (χ1n) is 11.4. The van der Waals surface area contributed by atoms with Gasteiger partial charge in [-0.05, 0) is 86.0 Å². The average Bonchev–Trinajstić information content (AvgIpc) is 2.98. The van der Waals surface area contributed by atoms with Gasteiger partial charge < -0.3 is 9.47 Å². The molecule has 3 fully saturated rings. The van der Waals surface area contributed by atoms with E-state index in [2.05, 4.69) is 19.9 Å². The third-order valence-electron chi connectivity index (χ3n) is 8.90. The lowest BCUT2D eigenvalue weighted by Crippen LogP contribution is -2.49. The largest absolute Gasteiger partial charge is 0.462 e. The van der Waals surface area contributed by atoms with Gasteiger partial charge in [0.1, 0.15) is 11.9 Å². The average molecular weight is 401 g/mol. The van der Waals surface area contributed by atoms with Crippen LogP contribution in [0.4, 0.5) is 0 Å². The number of carbonyl (C=O) groups is 2. The van der Waals surface area contributed by atoms with Gasteiger partial charge in [-0.25, -0.2) is 0 Å². The van der Waals surface area contributed by atoms with E-state index in [4.69, 9.17) is 9.47 Å². The number of hydrogen-bond acceptors (Lipinski definition) is 4. The van der Waals surface area contributed by atoms with E-state index in [1.54, 1.807) is 0 Å². The third kappa shape index (κ3) is 3.37. The quantitative estimate of drug-likeness (QED) is 0.338. The van der Waals surface area contributed by atoms with E-state index in [0.717, 1.165) is 37.9 Å². The lowest BCUT2D eigenvalue weighted by Gasteiger charge is -2.57. The molecule has 4 heteroatoms. The van der Waals surface area contributed by atoms with E-state index in [-0.39, 0.29) is 28.9 Å². The second kappa shape index (κ2) is 7.28. The third-order valence-corrected chi connectivity index (χ3v) is 8.90. The Balaban J connectivity index is 1.59. The Morgan fingerprint density at radius 1 is 0.966 bits per heavy atom. The second-order valence-electron chi connectivity index (χ2n) is 10.4. The van der Waals surface area contributed by atoms with Crippen molar-refractivity contribution in [3.05, 3.63) is 23.0 Å². The van der Waals surface area contributed by atoms with Gasteiger partial charge in [0.15, 0.2) is 0 Å². The van der Waals surface area contributed by atoms with E-state index in [1.165, 1.54) is 44.3 Å². The van der Waals surface area contributed by atoms with E-state index < -0.39 is 0 Å². The maximum atomic E-state index is 11.5. The van der Waals surface area contributed by atoms with E-state index in [0.29, 0.717) is 17.8 Å². The van der Waals surface area contributed by atoms with Crippen LogP contribution in [0.25, 0.3) is 0 Å². The Bertz CT molecular complexity index is 778. The molecule has 160 valence electrons. The minimum absolute atomic E-state index is 0.0598. The highest BCUT2D eigenvalue weighted by Crippen LogP contribution is 2.66. The van der Waals surface area contributed by atoms with E-state index >= 15 is 0 Å². The highest BCUT2D eigenvalue weighted by molar-refractivity contribution is 5.67. The van der Waals surface area contributed by atoms with Crippen molar-refractivity contribution in [2.75, 3.05) is 0 Å². The molecule has 0 unspecified atom stereocenters. The first-order chi connectivity index (χ1) is 13.6. The van der Waals surface area contributed by atoms with Gasteiger partial charge >= 0.3 is 11.9 Å². The molecule has 0 aromatic rings. The molecule has 0 amide bonds. The van der Waals surface area contributed by atoms with Crippen molar-refractivity contribution < 1.29 is 19.1 Å². The number of carbonyl (C=O) groups excluding carboxylic acids is 2. The summed E-state index contributed by atoms with van der Waals surface area (Å²) in [5, 5.41) is 0. The van der Waals surface area contributed by atoms with Crippen LogP contribution in [0.1, 0.15) is 86.0 Å². The molecule has 0 N–H and O–H groups in total. The molecular formula is C25H36O4. The van der Waals surface area contributed by atoms with Crippen LogP contribution >= 0.6 is 0 Å². The number of allylic oxidation sites excluding steroid dienone is 3. The van der Waals surface area contributed by atoms with Gasteiger partial charge in [0.2, 0.25) is 0 Å². The molecule has 0 heterocycles. The molecule has 4 nitrogen and oxygen atoms in total. The number of rotatable bonds is 2. The Morgan fingerprint density at radius 3 is 2.34 bits per heavy atom. The van der Waals surface area contributed by atoms with Crippen LogP contribution in [0.2, 0.25) is 0 Å². The Morgan fingerprint density at radius 2 is 1.66 bits per heavy atom. The molecule has 0 saturated heterocycles. The summed E-state index contributed by atoms with van der Waals surface area (Å²) < 4.78 is 11.1. The molecule has 29 heavy (non-hydrogen) atoms. The van der Waals surface area contributed by atoms with E-state index in [1.807, 2.05) is 6.92 Å². The maximum absolute atomic E-state index is 11.5. The number of ether oxygens (including phenoxy) is 2. The first kappa shape index (κ1) is 20.7. The molecule has 0 aliphatic heterocycles. The van der Waals surface area contributed by atoms with Gasteiger partial charge in [0, 0.05) is 20.3 Å². The zero-order chi connectivity index (χ0) is 21.0. The van der Waals surface area contributed by atoms with Crippen LogP contribution in [0, 0.1) is 28.6 Å². The summed E-state index contributed by atoms with van der Waals surface area (Å²) >= 11 is 0. The predicted octanol–water partition coefficient (Wildman–Crippen LogP) is 5.72. The van der Waals surface area contributed by atoms with Crippen molar-refractivity contribution in [2.45, 2.75) is 92.1 Å². The molecule has 0 aromatic carbocycles. The summed E-state index contributed by atoms with van der Waals surface area (Å²) in [7, 11) is 0. The normalized spacial score (nSPS) is 42.7. The Kier molecular flexibility index (Phi) is 5.19. The molecule has 0 spiro atoms. The number of hydrogen-bond donors (Lipinski definition) is 0. The number of esters is 2. The van der Waals surface area contributed by atoms with Crippen LogP contribution < -0.4 is 0 Å². The molecule has 4 rings (SSSR count). The smallest absolute Gasteiger partial charge is 0.307 e. The van der Waals surface area contributed by atoms with Crippen molar-refractivity contribution in [1.82, 2.24) is 0 Å². The topological polar surface area (TPSA) is 52.6 Å². The summed E-state index contributed by atoms with van der Waals surface area (Å²) in [4.78, 5) is 22.9. The van der Waals surface area contributed by atoms with Gasteiger partial charge in [-0.15, -0.1) is 0 Å². The fourth-order valence-corrected chi connectivity index (χ4v) is 7.63. The fourth-order valence-electron chi connectivity index (χ4n) is 7.63. The first-order valence-corrected chi connectivity index (χ1v) is 11.4. The fraction of sp³-hybridized carbons (Fsp3) is 0.760. The second-order valence-corrected chi connectivity index (χ2v) is 10.4. The summed E-state index contributed by atoms with van der Waals surface area (Å²) in [5.41, 5.74) is 3.33. The van der Waals surface area contributed by atoms with Gasteiger partial charge in [0.25, 0.3) is 0 Å². The highest BCUT2D eigenvalue weighted by Gasteiger charge is 2.57. The summed E-state index contributed by atoms with van der Waals surface area (Å²) in [6.45, 7) is 9.88. The molecule has 0 radical (unpaired) electrons. The maximum Gasteiger partial charge on any atom is 0.307 e. The van der Waals surface area contributed by atoms with Gasteiger partial charge in [-0.3, -0.25) is 9.59 Å². The molecule has 0 bridgehead atoms. The van der Waals surface area contributed by atoms with Gasteiger partial charge in [-0.2, -0.15) is 0 Å². The molecule has 0 aromatic heterocycles. The molecular weight excluding hydrogens is 364 g/mol. The number of fused-ring (bicyclic) bond motifs is 5. The summed E-state index contributed by atoms with van der Waals surface area (Å²) in [5.74, 6) is 2.57. The molecule has 4 aliphatic carbocycles. The zero-order valence-electron chi connectivity index (χ0n) is 18.7. The zero-order valence-corrected chi connectivity index (χ0v) is 18.7. The van der Waals surface area contributed by atoms with E-state index in [9.17, 15) is 9.59 Å². The predicted molar refractivity (Wildman–Crippen MR) is 112 cm³/mol. The van der Waals surface area contributed by atoms with Crippen molar-refractivity contribution in [3.63, 3.8) is 0 Å². The molecule has 6 atom stereocenters.